The van der Waals surface area contributed by atoms with E-state index >= 15 is 0 Å². The average molecular weight is 320 g/mol. The van der Waals surface area contributed by atoms with E-state index in [4.69, 9.17) is 14.2 Å². The molecule has 0 aliphatic carbocycles. The molecule has 0 saturated heterocycles. The van der Waals surface area contributed by atoms with Gasteiger partial charge in [0.25, 0.3) is 0 Å². The molecule has 1 rings (SSSR count). The van der Waals surface area contributed by atoms with E-state index in [0.29, 0.717) is 17.5 Å². The van der Waals surface area contributed by atoms with Crippen molar-refractivity contribution in [2.45, 2.75) is 26.4 Å². The van der Waals surface area contributed by atoms with Crippen LogP contribution in [0, 0.1) is 0 Å². The lowest BCUT2D eigenvalue weighted by molar-refractivity contribution is 0.321. The van der Waals surface area contributed by atoms with Gasteiger partial charge in [-0.15, -0.1) is 17.0 Å². The van der Waals surface area contributed by atoms with Crippen LogP contribution < -0.4 is 19.5 Å². The highest BCUT2D eigenvalue weighted by Gasteiger charge is 2.15. The molecule has 1 aromatic rings. The molecule has 0 saturated carbocycles. The lowest BCUT2D eigenvalue weighted by Crippen LogP contribution is -2.22. The maximum absolute atomic E-state index is 5.40. The molecule has 0 atom stereocenters. The summed E-state index contributed by atoms with van der Waals surface area (Å²) in [4.78, 5) is 0. The second-order valence-corrected chi connectivity index (χ2v) is 4.03. The molecule has 0 bridgehead atoms. The first-order valence-electron chi connectivity index (χ1n) is 5.65. The summed E-state index contributed by atoms with van der Waals surface area (Å²) in [5, 5.41) is 3.35. The number of ether oxygens (including phenoxy) is 3. The number of nitrogens with one attached hydrogen (secondary N) is 1. The number of hydrogen-bond donors (Lipinski definition) is 1. The Morgan fingerprint density at radius 3 is 2.06 bits per heavy atom. The molecule has 0 aliphatic rings. The first-order valence-corrected chi connectivity index (χ1v) is 5.65. The molecule has 0 fully saturated rings. The van der Waals surface area contributed by atoms with Gasteiger partial charge in [-0.2, -0.15) is 0 Å². The normalized spacial score (nSPS) is 9.89. The summed E-state index contributed by atoms with van der Waals surface area (Å²) in [5.74, 6) is 2.04. The van der Waals surface area contributed by atoms with E-state index in [2.05, 4.69) is 19.2 Å². The molecule has 0 spiro atoms. The molecule has 0 aromatic heterocycles. The van der Waals surface area contributed by atoms with Crippen molar-refractivity contribution in [1.82, 2.24) is 5.32 Å². The summed E-state index contributed by atoms with van der Waals surface area (Å²) >= 11 is 0. The predicted octanol–water partition coefficient (Wildman–Crippen LogP) is 2.79. The van der Waals surface area contributed by atoms with Crippen LogP contribution in [0.1, 0.15) is 19.4 Å². The maximum atomic E-state index is 5.40. The molecule has 0 radical (unpaired) electrons. The minimum atomic E-state index is 0. The van der Waals surface area contributed by atoms with Crippen molar-refractivity contribution in [3.8, 4) is 17.2 Å². The highest BCUT2D eigenvalue weighted by atomic mass is 79.9. The summed E-state index contributed by atoms with van der Waals surface area (Å²) < 4.78 is 16.0. The zero-order chi connectivity index (χ0) is 12.8. The van der Waals surface area contributed by atoms with Gasteiger partial charge in [-0.05, 0) is 6.07 Å². The van der Waals surface area contributed by atoms with Crippen LogP contribution in [0.5, 0.6) is 17.2 Å². The van der Waals surface area contributed by atoms with Crippen LogP contribution in [0.4, 0.5) is 0 Å². The molecule has 1 N–H and O–H groups in total. The maximum Gasteiger partial charge on any atom is 0.203 e. The summed E-state index contributed by atoms with van der Waals surface area (Å²) in [6.45, 7) is 4.95. The monoisotopic (exact) mass is 319 g/mol. The van der Waals surface area contributed by atoms with Crippen molar-refractivity contribution in [1.29, 1.82) is 0 Å². The molecule has 0 amide bonds. The van der Waals surface area contributed by atoms with Crippen LogP contribution in [0.2, 0.25) is 0 Å². The largest absolute Gasteiger partial charge is 0.493 e. The van der Waals surface area contributed by atoms with Crippen molar-refractivity contribution in [3.05, 3.63) is 17.7 Å². The quantitative estimate of drug-likeness (QED) is 0.875. The summed E-state index contributed by atoms with van der Waals surface area (Å²) in [6, 6.07) is 4.29. The molecule has 1 aromatic carbocycles. The minimum absolute atomic E-state index is 0. The highest BCUT2D eigenvalue weighted by molar-refractivity contribution is 8.93. The van der Waals surface area contributed by atoms with E-state index in [9.17, 15) is 0 Å². The van der Waals surface area contributed by atoms with Gasteiger partial charge in [-0.3, -0.25) is 0 Å². The third-order valence-electron chi connectivity index (χ3n) is 2.49. The Morgan fingerprint density at radius 2 is 1.61 bits per heavy atom. The Morgan fingerprint density at radius 1 is 1.00 bits per heavy atom. The van der Waals surface area contributed by atoms with Crippen LogP contribution >= 0.6 is 17.0 Å². The average Bonchev–Trinajstić information content (AvgIpc) is 2.34. The lowest BCUT2D eigenvalue weighted by Gasteiger charge is -2.16. The van der Waals surface area contributed by atoms with E-state index in [1.807, 2.05) is 12.1 Å². The first-order chi connectivity index (χ1) is 8.13. The highest BCUT2D eigenvalue weighted by Crippen LogP contribution is 2.39. The second kappa shape index (κ2) is 8.21. The predicted molar refractivity (Wildman–Crippen MR) is 78.4 cm³/mol. The molecule has 0 unspecified atom stereocenters. The zero-order valence-electron chi connectivity index (χ0n) is 11.6. The van der Waals surface area contributed by atoms with Crippen molar-refractivity contribution >= 4 is 17.0 Å². The smallest absolute Gasteiger partial charge is 0.203 e. The van der Waals surface area contributed by atoms with Gasteiger partial charge in [0.15, 0.2) is 11.5 Å². The van der Waals surface area contributed by atoms with E-state index in [-0.39, 0.29) is 17.0 Å². The molecular weight excluding hydrogens is 298 g/mol. The third-order valence-corrected chi connectivity index (χ3v) is 2.49. The van der Waals surface area contributed by atoms with Crippen LogP contribution in [-0.4, -0.2) is 27.4 Å². The summed E-state index contributed by atoms with van der Waals surface area (Å²) in [7, 11) is 4.86. The van der Waals surface area contributed by atoms with Gasteiger partial charge >= 0.3 is 0 Å². The van der Waals surface area contributed by atoms with Gasteiger partial charge in [0.1, 0.15) is 0 Å². The third kappa shape index (κ3) is 4.07. The van der Waals surface area contributed by atoms with E-state index < -0.39 is 0 Å². The minimum Gasteiger partial charge on any atom is -0.493 e. The lowest BCUT2D eigenvalue weighted by atomic mass is 10.1. The van der Waals surface area contributed by atoms with Crippen molar-refractivity contribution in [2.24, 2.45) is 0 Å². The van der Waals surface area contributed by atoms with Gasteiger partial charge in [0.05, 0.1) is 21.3 Å². The SMILES string of the molecule is Br.COc1ccc(CNC(C)C)c(OC)c1OC. The van der Waals surface area contributed by atoms with Crippen LogP contribution in [0.3, 0.4) is 0 Å². The Kier molecular flexibility index (Phi) is 7.78. The number of methoxy groups -OCH3 is 3. The summed E-state index contributed by atoms with van der Waals surface area (Å²) in [6.07, 6.45) is 0. The molecular formula is C13H22BrNO3. The standard InChI is InChI=1S/C13H21NO3.BrH/c1-9(2)14-8-10-6-7-11(15-3)13(17-5)12(10)16-4;/h6-7,9,14H,8H2,1-5H3;1H. The molecule has 104 valence electrons. The van der Waals surface area contributed by atoms with Crippen LogP contribution in [0.15, 0.2) is 12.1 Å². The fraction of sp³-hybridized carbons (Fsp3) is 0.538. The Bertz CT molecular complexity index is 369. The van der Waals surface area contributed by atoms with Crippen LogP contribution in [-0.2, 0) is 6.54 Å². The van der Waals surface area contributed by atoms with Gasteiger partial charge < -0.3 is 19.5 Å². The van der Waals surface area contributed by atoms with Gasteiger partial charge in [-0.25, -0.2) is 0 Å². The van der Waals surface area contributed by atoms with Crippen molar-refractivity contribution in [2.75, 3.05) is 21.3 Å². The van der Waals surface area contributed by atoms with E-state index in [0.717, 1.165) is 17.9 Å². The van der Waals surface area contributed by atoms with Crippen LogP contribution in [0.25, 0.3) is 0 Å². The van der Waals surface area contributed by atoms with Gasteiger partial charge in [0, 0.05) is 18.2 Å². The number of hydrogen-bond acceptors (Lipinski definition) is 4. The zero-order valence-corrected chi connectivity index (χ0v) is 13.3. The topological polar surface area (TPSA) is 39.7 Å². The fourth-order valence-electron chi connectivity index (χ4n) is 1.62. The molecule has 18 heavy (non-hydrogen) atoms. The molecule has 0 aliphatic heterocycles. The Hall–Kier alpha value is -0.940. The molecule has 4 nitrogen and oxygen atoms in total. The number of halogens is 1. The number of rotatable bonds is 6. The van der Waals surface area contributed by atoms with E-state index in [1.54, 1.807) is 21.3 Å². The van der Waals surface area contributed by atoms with Gasteiger partial charge in [0.2, 0.25) is 5.75 Å². The Balaban J connectivity index is 0.00000289. The van der Waals surface area contributed by atoms with Gasteiger partial charge in [-0.1, -0.05) is 19.9 Å². The molecule has 5 heteroatoms. The Labute approximate surface area is 119 Å². The van der Waals surface area contributed by atoms with E-state index in [1.165, 1.54) is 0 Å². The van der Waals surface area contributed by atoms with Crippen molar-refractivity contribution < 1.29 is 14.2 Å². The first kappa shape index (κ1) is 17.1. The fourth-order valence-corrected chi connectivity index (χ4v) is 1.62. The summed E-state index contributed by atoms with van der Waals surface area (Å²) in [5.41, 5.74) is 1.05. The number of benzene rings is 1. The molecule has 0 heterocycles. The second-order valence-electron chi connectivity index (χ2n) is 4.03. The van der Waals surface area contributed by atoms with Crippen molar-refractivity contribution in [3.63, 3.8) is 0 Å².